The highest BCUT2D eigenvalue weighted by Crippen LogP contribution is 2.18. The molecule has 1 rings (SSSR count). The SMILES string of the molecule is C=C=C1CC(=C=C)CN(CC=C)C1. The molecule has 1 aliphatic rings. The molecule has 0 amide bonds. The van der Waals surface area contributed by atoms with Gasteiger partial charge in [0, 0.05) is 26.1 Å². The summed E-state index contributed by atoms with van der Waals surface area (Å²) in [5, 5.41) is 0. The van der Waals surface area contributed by atoms with Gasteiger partial charge in [0.25, 0.3) is 0 Å². The predicted molar refractivity (Wildman–Crippen MR) is 56.6 cm³/mol. The maximum atomic E-state index is 3.72. The van der Waals surface area contributed by atoms with Gasteiger partial charge in [-0.25, -0.2) is 0 Å². The summed E-state index contributed by atoms with van der Waals surface area (Å²) in [4.78, 5) is 2.28. The molecule has 68 valence electrons. The molecule has 0 N–H and O–H groups in total. The van der Waals surface area contributed by atoms with E-state index in [2.05, 4.69) is 36.1 Å². The van der Waals surface area contributed by atoms with Crippen LogP contribution in [-0.4, -0.2) is 24.5 Å². The normalized spacial score (nSPS) is 17.8. The van der Waals surface area contributed by atoms with Crippen LogP contribution in [0.25, 0.3) is 0 Å². The summed E-state index contributed by atoms with van der Waals surface area (Å²) in [6, 6.07) is 0. The van der Waals surface area contributed by atoms with Gasteiger partial charge in [-0.2, -0.15) is 0 Å². The first-order valence-electron chi connectivity index (χ1n) is 4.39. The lowest BCUT2D eigenvalue weighted by molar-refractivity contribution is 0.333. The third-order valence-electron chi connectivity index (χ3n) is 2.14. The van der Waals surface area contributed by atoms with Gasteiger partial charge in [-0.15, -0.1) is 18.0 Å². The molecule has 0 saturated carbocycles. The van der Waals surface area contributed by atoms with Crippen LogP contribution < -0.4 is 0 Å². The molecule has 1 saturated heterocycles. The fourth-order valence-corrected chi connectivity index (χ4v) is 1.51. The molecule has 13 heavy (non-hydrogen) atoms. The summed E-state index contributed by atoms with van der Waals surface area (Å²) in [7, 11) is 0. The summed E-state index contributed by atoms with van der Waals surface area (Å²) in [6.45, 7) is 13.9. The second kappa shape index (κ2) is 4.69. The van der Waals surface area contributed by atoms with E-state index in [-0.39, 0.29) is 0 Å². The maximum Gasteiger partial charge on any atom is 0.0278 e. The van der Waals surface area contributed by atoms with Crippen LogP contribution in [0.5, 0.6) is 0 Å². The van der Waals surface area contributed by atoms with E-state index in [0.717, 1.165) is 26.1 Å². The third kappa shape index (κ3) is 2.61. The molecule has 1 nitrogen and oxygen atoms in total. The number of likely N-dealkylation sites (tertiary alicyclic amines) is 1. The van der Waals surface area contributed by atoms with E-state index in [1.807, 2.05) is 6.08 Å². The van der Waals surface area contributed by atoms with Crippen molar-refractivity contribution in [2.24, 2.45) is 0 Å². The minimum Gasteiger partial charge on any atom is -0.291 e. The molecule has 0 spiro atoms. The molecule has 0 aromatic heterocycles. The van der Waals surface area contributed by atoms with Crippen molar-refractivity contribution in [1.82, 2.24) is 4.90 Å². The minimum atomic E-state index is 0.899. The molecule has 0 aromatic rings. The highest BCUT2D eigenvalue weighted by atomic mass is 15.1. The first kappa shape index (κ1) is 9.83. The molecule has 1 fully saturated rings. The molecule has 0 aromatic carbocycles. The van der Waals surface area contributed by atoms with Crippen LogP contribution in [0.1, 0.15) is 6.42 Å². The van der Waals surface area contributed by atoms with Gasteiger partial charge in [0.1, 0.15) is 0 Å². The highest BCUT2D eigenvalue weighted by molar-refractivity contribution is 5.20. The summed E-state index contributed by atoms with van der Waals surface area (Å²) in [6.07, 6.45) is 2.84. The van der Waals surface area contributed by atoms with Gasteiger partial charge in [0.15, 0.2) is 0 Å². The van der Waals surface area contributed by atoms with Crippen molar-refractivity contribution in [3.8, 4) is 0 Å². The Labute approximate surface area is 80.1 Å². The van der Waals surface area contributed by atoms with Crippen LogP contribution in [0, 0.1) is 0 Å². The second-order valence-corrected chi connectivity index (χ2v) is 3.20. The maximum absolute atomic E-state index is 3.72. The minimum absolute atomic E-state index is 0.899. The molecular formula is C12H15N. The lowest BCUT2D eigenvalue weighted by Gasteiger charge is -2.27. The first-order chi connectivity index (χ1) is 6.30. The number of hydrogen-bond acceptors (Lipinski definition) is 1. The Balaban J connectivity index is 2.76. The van der Waals surface area contributed by atoms with Crippen molar-refractivity contribution < 1.29 is 0 Å². The highest BCUT2D eigenvalue weighted by Gasteiger charge is 2.15. The van der Waals surface area contributed by atoms with Gasteiger partial charge in [-0.05, 0) is 11.1 Å². The molecule has 0 atom stereocenters. The Bertz CT molecular complexity index is 273. The van der Waals surface area contributed by atoms with E-state index in [9.17, 15) is 0 Å². The van der Waals surface area contributed by atoms with E-state index in [0.29, 0.717) is 0 Å². The van der Waals surface area contributed by atoms with Crippen molar-refractivity contribution in [3.63, 3.8) is 0 Å². The van der Waals surface area contributed by atoms with Crippen LogP contribution in [0.2, 0.25) is 0 Å². The lowest BCUT2D eigenvalue weighted by atomic mass is 10.0. The van der Waals surface area contributed by atoms with Gasteiger partial charge in [0.05, 0.1) is 0 Å². The summed E-state index contributed by atoms with van der Waals surface area (Å²) < 4.78 is 0. The van der Waals surface area contributed by atoms with E-state index in [1.54, 1.807) is 0 Å². The van der Waals surface area contributed by atoms with Gasteiger partial charge in [-0.3, -0.25) is 4.90 Å². The average Bonchev–Trinajstić information content (AvgIpc) is 2.17. The second-order valence-electron chi connectivity index (χ2n) is 3.20. The quantitative estimate of drug-likeness (QED) is 0.457. The lowest BCUT2D eigenvalue weighted by Crippen LogP contribution is -2.32. The van der Waals surface area contributed by atoms with E-state index in [4.69, 9.17) is 0 Å². The fraction of sp³-hybridized carbons (Fsp3) is 0.333. The monoisotopic (exact) mass is 173 g/mol. The molecular weight excluding hydrogens is 158 g/mol. The Morgan fingerprint density at radius 2 is 1.77 bits per heavy atom. The van der Waals surface area contributed by atoms with Crippen molar-refractivity contribution >= 4 is 0 Å². The Kier molecular flexibility index (Phi) is 3.54. The van der Waals surface area contributed by atoms with Crippen molar-refractivity contribution in [1.29, 1.82) is 0 Å². The van der Waals surface area contributed by atoms with Crippen LogP contribution in [0.15, 0.2) is 48.4 Å². The van der Waals surface area contributed by atoms with Gasteiger partial charge >= 0.3 is 0 Å². The van der Waals surface area contributed by atoms with Crippen molar-refractivity contribution in [3.05, 3.63) is 48.4 Å². The molecule has 0 radical (unpaired) electrons. The summed E-state index contributed by atoms with van der Waals surface area (Å²) in [5.74, 6) is 0. The van der Waals surface area contributed by atoms with E-state index >= 15 is 0 Å². The average molecular weight is 173 g/mol. The smallest absolute Gasteiger partial charge is 0.0278 e. The molecule has 0 aliphatic carbocycles. The van der Waals surface area contributed by atoms with Crippen molar-refractivity contribution in [2.45, 2.75) is 6.42 Å². The third-order valence-corrected chi connectivity index (χ3v) is 2.14. The largest absolute Gasteiger partial charge is 0.291 e. The van der Waals surface area contributed by atoms with Gasteiger partial charge in [-0.1, -0.05) is 19.2 Å². The summed E-state index contributed by atoms with van der Waals surface area (Å²) >= 11 is 0. The predicted octanol–water partition coefficient (Wildman–Crippen LogP) is 2.30. The molecule has 0 bridgehead atoms. The van der Waals surface area contributed by atoms with Gasteiger partial charge in [0.2, 0.25) is 0 Å². The van der Waals surface area contributed by atoms with E-state index in [1.165, 1.54) is 11.1 Å². The van der Waals surface area contributed by atoms with Crippen LogP contribution >= 0.6 is 0 Å². The van der Waals surface area contributed by atoms with Gasteiger partial charge < -0.3 is 0 Å². The van der Waals surface area contributed by atoms with E-state index < -0.39 is 0 Å². The van der Waals surface area contributed by atoms with Crippen LogP contribution in [0.4, 0.5) is 0 Å². The van der Waals surface area contributed by atoms with Crippen LogP contribution in [0.3, 0.4) is 0 Å². The van der Waals surface area contributed by atoms with Crippen LogP contribution in [-0.2, 0) is 0 Å². The zero-order valence-corrected chi connectivity index (χ0v) is 7.97. The Morgan fingerprint density at radius 1 is 1.23 bits per heavy atom. The Morgan fingerprint density at radius 3 is 2.15 bits per heavy atom. The number of rotatable bonds is 2. The number of nitrogens with zero attached hydrogens (tertiary/aromatic N) is 1. The van der Waals surface area contributed by atoms with Crippen molar-refractivity contribution in [2.75, 3.05) is 19.6 Å². The zero-order chi connectivity index (χ0) is 9.68. The summed E-state index contributed by atoms with van der Waals surface area (Å²) in [5.41, 5.74) is 8.36. The molecule has 0 unspecified atom stereocenters. The molecule has 1 aliphatic heterocycles. The topological polar surface area (TPSA) is 3.24 Å². The number of hydrogen-bond donors (Lipinski definition) is 0. The number of piperidine rings is 1. The first-order valence-corrected chi connectivity index (χ1v) is 4.39. The molecule has 1 heterocycles. The zero-order valence-electron chi connectivity index (χ0n) is 7.97. The fourth-order valence-electron chi connectivity index (χ4n) is 1.51. The Hall–Kier alpha value is -1.26. The standard InChI is InChI=1S/C12H15N/c1-4-7-13-9-11(5-2)8-12(6-3)10-13/h4H,1-3,7-10H2. The molecule has 1 heteroatoms.